The second-order valence-electron chi connectivity index (χ2n) is 5.50. The molecular formula is C16H21NO5. The molecule has 2 rings (SSSR count). The number of rotatable bonds is 6. The first-order chi connectivity index (χ1) is 10.5. The maximum absolute atomic E-state index is 12.5. The summed E-state index contributed by atoms with van der Waals surface area (Å²) in [6.07, 6.45) is 0. The molecule has 22 heavy (non-hydrogen) atoms. The summed E-state index contributed by atoms with van der Waals surface area (Å²) in [7, 11) is 1.59. The number of carboxylic acid groups (broad SMARTS) is 1. The third-order valence-electron chi connectivity index (χ3n) is 3.85. The van der Waals surface area contributed by atoms with Crippen LogP contribution in [0.25, 0.3) is 0 Å². The minimum atomic E-state index is -0.848. The summed E-state index contributed by atoms with van der Waals surface area (Å²) in [5.74, 6) is -0.940. The van der Waals surface area contributed by atoms with Crippen LogP contribution in [0.15, 0.2) is 24.3 Å². The van der Waals surface area contributed by atoms with Gasteiger partial charge in [0.1, 0.15) is 12.4 Å². The summed E-state index contributed by atoms with van der Waals surface area (Å²) < 4.78 is 10.4. The van der Waals surface area contributed by atoms with Crippen molar-refractivity contribution < 1.29 is 24.2 Å². The molecule has 1 fully saturated rings. The van der Waals surface area contributed by atoms with E-state index in [1.807, 2.05) is 6.92 Å². The largest absolute Gasteiger partial charge is 0.491 e. The zero-order valence-electron chi connectivity index (χ0n) is 12.8. The second kappa shape index (κ2) is 7.26. The van der Waals surface area contributed by atoms with Gasteiger partial charge in [0.05, 0.1) is 12.5 Å². The number of carbonyl (C=O) groups excluding carboxylic acids is 1. The highest BCUT2D eigenvalue weighted by Crippen LogP contribution is 2.25. The molecule has 1 aromatic carbocycles. The molecule has 6 heteroatoms. The van der Waals surface area contributed by atoms with E-state index in [1.54, 1.807) is 36.3 Å². The van der Waals surface area contributed by atoms with Crippen LogP contribution in [0.5, 0.6) is 5.75 Å². The quantitative estimate of drug-likeness (QED) is 0.806. The maximum atomic E-state index is 12.5. The molecule has 2 atom stereocenters. The fourth-order valence-electron chi connectivity index (χ4n) is 2.60. The lowest BCUT2D eigenvalue weighted by atomic mass is 9.99. The van der Waals surface area contributed by atoms with E-state index < -0.39 is 11.9 Å². The molecule has 0 aromatic heterocycles. The summed E-state index contributed by atoms with van der Waals surface area (Å²) >= 11 is 0. The minimum absolute atomic E-state index is 0.0393. The van der Waals surface area contributed by atoms with Gasteiger partial charge in [0.2, 0.25) is 0 Å². The summed E-state index contributed by atoms with van der Waals surface area (Å²) in [5.41, 5.74) is 0.508. The number of amides is 1. The summed E-state index contributed by atoms with van der Waals surface area (Å²) in [6, 6.07) is 6.92. The Balaban J connectivity index is 2.04. The van der Waals surface area contributed by atoms with Crippen molar-refractivity contribution in [2.45, 2.75) is 6.92 Å². The lowest BCUT2D eigenvalue weighted by molar-refractivity contribution is -0.142. The van der Waals surface area contributed by atoms with Gasteiger partial charge in [0.15, 0.2) is 0 Å². The van der Waals surface area contributed by atoms with E-state index in [1.165, 1.54) is 0 Å². The standard InChI is InChI=1S/C16H21NO5/c1-11-9-17(10-14(11)16(19)20)15(18)12-4-3-5-13(8-12)22-7-6-21-2/h3-5,8,11,14H,6-7,9-10H2,1-2H3,(H,19,20)/t11-,14-/m1/s1. The van der Waals surface area contributed by atoms with Crippen molar-refractivity contribution in [3.63, 3.8) is 0 Å². The number of ether oxygens (including phenoxy) is 2. The third kappa shape index (κ3) is 3.76. The maximum Gasteiger partial charge on any atom is 0.308 e. The van der Waals surface area contributed by atoms with Crippen LogP contribution in [-0.4, -0.2) is 55.3 Å². The number of aliphatic carboxylic acids is 1. The van der Waals surface area contributed by atoms with Crippen molar-refractivity contribution in [2.24, 2.45) is 11.8 Å². The third-order valence-corrected chi connectivity index (χ3v) is 3.85. The Hall–Kier alpha value is -2.08. The minimum Gasteiger partial charge on any atom is -0.491 e. The van der Waals surface area contributed by atoms with E-state index in [0.717, 1.165) is 0 Å². The molecule has 1 aromatic rings. The van der Waals surface area contributed by atoms with Gasteiger partial charge in [0, 0.05) is 25.8 Å². The van der Waals surface area contributed by atoms with Crippen molar-refractivity contribution in [1.29, 1.82) is 0 Å². The Morgan fingerprint density at radius 1 is 1.32 bits per heavy atom. The normalized spacial score (nSPS) is 20.9. The first kappa shape index (κ1) is 16.3. The van der Waals surface area contributed by atoms with E-state index in [4.69, 9.17) is 14.6 Å². The molecule has 1 heterocycles. The molecule has 0 radical (unpaired) electrons. The Morgan fingerprint density at radius 2 is 2.09 bits per heavy atom. The highest BCUT2D eigenvalue weighted by molar-refractivity contribution is 5.95. The van der Waals surface area contributed by atoms with Crippen LogP contribution in [0.3, 0.4) is 0 Å². The average molecular weight is 307 g/mol. The molecule has 1 aliphatic heterocycles. The molecule has 1 N–H and O–H groups in total. The van der Waals surface area contributed by atoms with Crippen molar-refractivity contribution in [3.05, 3.63) is 29.8 Å². The summed E-state index contributed by atoms with van der Waals surface area (Å²) in [6.45, 7) is 3.46. The van der Waals surface area contributed by atoms with Gasteiger partial charge < -0.3 is 19.5 Å². The van der Waals surface area contributed by atoms with Gasteiger partial charge in [-0.1, -0.05) is 13.0 Å². The van der Waals surface area contributed by atoms with Crippen LogP contribution in [0, 0.1) is 11.8 Å². The van der Waals surface area contributed by atoms with Gasteiger partial charge in [-0.2, -0.15) is 0 Å². The molecule has 1 aliphatic rings. The monoisotopic (exact) mass is 307 g/mol. The van der Waals surface area contributed by atoms with Gasteiger partial charge in [0.25, 0.3) is 5.91 Å². The highest BCUT2D eigenvalue weighted by Gasteiger charge is 2.37. The molecule has 0 aliphatic carbocycles. The lowest BCUT2D eigenvalue weighted by Crippen LogP contribution is -2.29. The highest BCUT2D eigenvalue weighted by atomic mass is 16.5. The van der Waals surface area contributed by atoms with E-state index in [2.05, 4.69) is 0 Å². The Labute approximate surface area is 129 Å². The number of benzene rings is 1. The molecule has 1 saturated heterocycles. The Morgan fingerprint density at radius 3 is 2.73 bits per heavy atom. The van der Waals surface area contributed by atoms with Gasteiger partial charge in [-0.15, -0.1) is 0 Å². The zero-order valence-corrected chi connectivity index (χ0v) is 12.8. The smallest absolute Gasteiger partial charge is 0.308 e. The number of likely N-dealkylation sites (tertiary alicyclic amines) is 1. The first-order valence-electron chi connectivity index (χ1n) is 7.26. The van der Waals surface area contributed by atoms with Crippen molar-refractivity contribution in [3.8, 4) is 5.75 Å². The predicted molar refractivity (Wildman–Crippen MR) is 80.0 cm³/mol. The molecule has 120 valence electrons. The van der Waals surface area contributed by atoms with Crippen molar-refractivity contribution in [1.82, 2.24) is 4.90 Å². The van der Waals surface area contributed by atoms with Crippen molar-refractivity contribution >= 4 is 11.9 Å². The van der Waals surface area contributed by atoms with E-state index in [9.17, 15) is 9.59 Å². The molecule has 1 amide bonds. The second-order valence-corrected chi connectivity index (χ2v) is 5.50. The van der Waals surface area contributed by atoms with Gasteiger partial charge in [-0.25, -0.2) is 0 Å². The molecule has 0 saturated carbocycles. The van der Waals surface area contributed by atoms with Crippen LogP contribution in [0.2, 0.25) is 0 Å². The molecule has 0 spiro atoms. The van der Waals surface area contributed by atoms with Crippen LogP contribution in [0.1, 0.15) is 17.3 Å². The van der Waals surface area contributed by atoms with E-state index in [0.29, 0.717) is 31.1 Å². The average Bonchev–Trinajstić information content (AvgIpc) is 2.89. The molecule has 6 nitrogen and oxygen atoms in total. The summed E-state index contributed by atoms with van der Waals surface area (Å²) in [5, 5.41) is 9.15. The fraction of sp³-hybridized carbons (Fsp3) is 0.500. The number of carboxylic acids is 1. The number of methoxy groups -OCH3 is 1. The van der Waals surface area contributed by atoms with Gasteiger partial charge in [-0.3, -0.25) is 9.59 Å². The SMILES string of the molecule is COCCOc1cccc(C(=O)N2C[C@@H](C)[C@H](C(=O)O)C2)c1. The molecular weight excluding hydrogens is 286 g/mol. The van der Waals surface area contributed by atoms with E-state index >= 15 is 0 Å². The Bertz CT molecular complexity index is 545. The van der Waals surface area contributed by atoms with Gasteiger partial charge >= 0.3 is 5.97 Å². The topological polar surface area (TPSA) is 76.1 Å². The zero-order chi connectivity index (χ0) is 16.1. The van der Waals surface area contributed by atoms with Crippen LogP contribution in [0.4, 0.5) is 0 Å². The van der Waals surface area contributed by atoms with Crippen LogP contribution < -0.4 is 4.74 Å². The number of hydrogen-bond donors (Lipinski definition) is 1. The number of hydrogen-bond acceptors (Lipinski definition) is 4. The lowest BCUT2D eigenvalue weighted by Gasteiger charge is -2.16. The Kier molecular flexibility index (Phi) is 5.38. The number of nitrogens with zero attached hydrogens (tertiary/aromatic N) is 1. The van der Waals surface area contributed by atoms with Gasteiger partial charge in [-0.05, 0) is 24.1 Å². The van der Waals surface area contributed by atoms with Crippen LogP contribution in [-0.2, 0) is 9.53 Å². The predicted octanol–water partition coefficient (Wildman–Crippen LogP) is 1.50. The fourth-order valence-corrected chi connectivity index (χ4v) is 2.60. The van der Waals surface area contributed by atoms with Crippen molar-refractivity contribution in [2.75, 3.05) is 33.4 Å². The molecule has 0 bridgehead atoms. The van der Waals surface area contributed by atoms with Crippen LogP contribution >= 0.6 is 0 Å². The molecule has 0 unspecified atom stereocenters. The summed E-state index contributed by atoms with van der Waals surface area (Å²) in [4.78, 5) is 25.2. The first-order valence-corrected chi connectivity index (χ1v) is 7.26. The number of carbonyl (C=O) groups is 2. The van der Waals surface area contributed by atoms with E-state index in [-0.39, 0.29) is 18.4 Å².